The maximum absolute atomic E-state index is 11.2. The molecule has 8 nitrogen and oxygen atoms in total. The van der Waals surface area contributed by atoms with Gasteiger partial charge >= 0.3 is 0 Å². The van der Waals surface area contributed by atoms with E-state index in [4.69, 9.17) is 28.4 Å². The lowest BCUT2D eigenvalue weighted by molar-refractivity contribution is -0.129. The highest BCUT2D eigenvalue weighted by Crippen LogP contribution is 2.45. The highest BCUT2D eigenvalue weighted by Gasteiger charge is 2.42. The van der Waals surface area contributed by atoms with E-state index in [0.717, 1.165) is 11.1 Å². The van der Waals surface area contributed by atoms with Crippen molar-refractivity contribution in [1.82, 2.24) is 0 Å². The molecule has 0 fully saturated rings. The summed E-state index contributed by atoms with van der Waals surface area (Å²) in [4.78, 5) is 0. The van der Waals surface area contributed by atoms with E-state index >= 15 is 0 Å². The molecule has 2 aliphatic heterocycles. The Morgan fingerprint density at radius 1 is 0.733 bits per heavy atom. The predicted molar refractivity (Wildman–Crippen MR) is 107 cm³/mol. The highest BCUT2D eigenvalue weighted by atomic mass is 16.7. The van der Waals surface area contributed by atoms with Crippen molar-refractivity contribution in [3.8, 4) is 34.5 Å². The number of fused-ring (bicyclic) bond motifs is 2. The van der Waals surface area contributed by atoms with Crippen molar-refractivity contribution in [2.24, 2.45) is 0 Å². The average molecular weight is 418 g/mol. The molecule has 0 amide bonds. The number of ether oxygens (including phenoxy) is 6. The summed E-state index contributed by atoms with van der Waals surface area (Å²) in [5, 5.41) is 22.5. The van der Waals surface area contributed by atoms with Gasteiger partial charge < -0.3 is 38.6 Å². The second-order valence-electron chi connectivity index (χ2n) is 7.96. The van der Waals surface area contributed by atoms with Crippen LogP contribution in [0.1, 0.15) is 25.0 Å². The summed E-state index contributed by atoms with van der Waals surface area (Å²) in [6, 6.07) is 7.14. The summed E-state index contributed by atoms with van der Waals surface area (Å²) < 4.78 is 32.5. The SMILES string of the molecule is COc1cc(CC(C)(O)C(C)(O)Cc2cc(OC)c3c(c2)OCO3)cc2c1OCO2. The van der Waals surface area contributed by atoms with Gasteiger partial charge in [-0.05, 0) is 49.2 Å². The molecule has 2 heterocycles. The van der Waals surface area contributed by atoms with Crippen molar-refractivity contribution in [2.45, 2.75) is 37.9 Å². The third kappa shape index (κ3) is 3.57. The predicted octanol–water partition coefficient (Wildman–Crippen LogP) is 2.45. The Morgan fingerprint density at radius 3 is 1.50 bits per heavy atom. The Bertz CT molecular complexity index is 873. The van der Waals surface area contributed by atoms with Crippen LogP contribution in [0.4, 0.5) is 0 Å². The van der Waals surface area contributed by atoms with Crippen molar-refractivity contribution in [3.63, 3.8) is 0 Å². The normalized spacial score (nSPS) is 17.9. The first kappa shape index (κ1) is 20.4. The molecule has 2 aromatic carbocycles. The number of methoxy groups -OCH3 is 2. The number of hydrogen-bond donors (Lipinski definition) is 2. The van der Waals surface area contributed by atoms with Crippen LogP contribution in [0.5, 0.6) is 34.5 Å². The number of aliphatic hydroxyl groups is 2. The molecule has 0 saturated carbocycles. The third-order valence-electron chi connectivity index (χ3n) is 5.69. The molecule has 4 rings (SSSR count). The largest absolute Gasteiger partial charge is 0.493 e. The molecule has 0 bridgehead atoms. The molecule has 2 aromatic rings. The zero-order valence-electron chi connectivity index (χ0n) is 17.5. The van der Waals surface area contributed by atoms with Crippen LogP contribution in [-0.2, 0) is 12.8 Å². The summed E-state index contributed by atoms with van der Waals surface area (Å²) in [5.41, 5.74) is -1.42. The fourth-order valence-corrected chi connectivity index (χ4v) is 3.75. The van der Waals surface area contributed by atoms with E-state index in [2.05, 4.69) is 0 Å². The Hall–Kier alpha value is -2.84. The van der Waals surface area contributed by atoms with Gasteiger partial charge in [-0.25, -0.2) is 0 Å². The molecule has 2 N–H and O–H groups in total. The zero-order valence-corrected chi connectivity index (χ0v) is 17.5. The van der Waals surface area contributed by atoms with Crippen LogP contribution in [0.2, 0.25) is 0 Å². The van der Waals surface area contributed by atoms with Crippen molar-refractivity contribution in [1.29, 1.82) is 0 Å². The van der Waals surface area contributed by atoms with Crippen molar-refractivity contribution >= 4 is 0 Å². The van der Waals surface area contributed by atoms with Gasteiger partial charge in [0, 0.05) is 12.8 Å². The van der Waals surface area contributed by atoms with Gasteiger partial charge in [0.05, 0.1) is 25.4 Å². The van der Waals surface area contributed by atoms with Gasteiger partial charge in [-0.2, -0.15) is 0 Å². The monoisotopic (exact) mass is 418 g/mol. The van der Waals surface area contributed by atoms with Gasteiger partial charge in [0.15, 0.2) is 23.0 Å². The standard InChI is InChI=1S/C22H26O8/c1-21(23,9-13-5-15(25-3)19-17(7-13)27-11-29-19)22(2,24)10-14-6-16(26-4)20-18(8-14)28-12-30-20/h5-8,23-24H,9-12H2,1-4H3. The Morgan fingerprint density at radius 2 is 1.13 bits per heavy atom. The summed E-state index contributed by atoms with van der Waals surface area (Å²) in [6.07, 6.45) is 0.351. The number of hydrogen-bond acceptors (Lipinski definition) is 8. The van der Waals surface area contributed by atoms with Crippen LogP contribution in [0.15, 0.2) is 24.3 Å². The van der Waals surface area contributed by atoms with Gasteiger partial charge in [0.25, 0.3) is 0 Å². The van der Waals surface area contributed by atoms with E-state index in [1.807, 2.05) is 0 Å². The molecule has 0 aliphatic carbocycles. The summed E-state index contributed by atoms with van der Waals surface area (Å²) in [7, 11) is 3.09. The number of benzene rings is 2. The van der Waals surface area contributed by atoms with E-state index in [9.17, 15) is 10.2 Å². The Balaban J connectivity index is 1.58. The van der Waals surface area contributed by atoms with Crippen LogP contribution in [0.25, 0.3) is 0 Å². The maximum atomic E-state index is 11.2. The summed E-state index contributed by atoms with van der Waals surface area (Å²) >= 11 is 0. The van der Waals surface area contributed by atoms with Crippen LogP contribution in [0.3, 0.4) is 0 Å². The molecule has 0 aromatic heterocycles. The van der Waals surface area contributed by atoms with E-state index < -0.39 is 11.2 Å². The zero-order chi connectivity index (χ0) is 21.5. The summed E-state index contributed by atoms with van der Waals surface area (Å²) in [6.45, 7) is 3.45. The first-order valence-corrected chi connectivity index (χ1v) is 9.62. The molecule has 162 valence electrons. The fraction of sp³-hybridized carbons (Fsp3) is 0.455. The van der Waals surface area contributed by atoms with Crippen LogP contribution in [-0.4, -0.2) is 49.2 Å². The topological polar surface area (TPSA) is 95.8 Å². The summed E-state index contributed by atoms with van der Waals surface area (Å²) in [5.74, 6) is 3.24. The van der Waals surface area contributed by atoms with Gasteiger partial charge in [-0.1, -0.05) is 0 Å². The van der Waals surface area contributed by atoms with E-state index in [1.165, 1.54) is 0 Å². The molecule has 0 spiro atoms. The lowest BCUT2D eigenvalue weighted by Gasteiger charge is -2.39. The number of rotatable bonds is 7. The molecule has 2 aliphatic rings. The first-order valence-electron chi connectivity index (χ1n) is 9.62. The Kier molecular flexibility index (Phi) is 5.07. The molecule has 0 radical (unpaired) electrons. The minimum Gasteiger partial charge on any atom is -0.493 e. The molecule has 2 unspecified atom stereocenters. The van der Waals surface area contributed by atoms with Crippen molar-refractivity contribution in [3.05, 3.63) is 35.4 Å². The van der Waals surface area contributed by atoms with E-state index in [0.29, 0.717) is 34.5 Å². The van der Waals surface area contributed by atoms with Crippen LogP contribution in [0, 0.1) is 0 Å². The lowest BCUT2D eigenvalue weighted by atomic mass is 9.77. The molecule has 30 heavy (non-hydrogen) atoms. The second kappa shape index (κ2) is 7.45. The molecule has 2 atom stereocenters. The third-order valence-corrected chi connectivity index (χ3v) is 5.69. The maximum Gasteiger partial charge on any atom is 0.231 e. The minimum atomic E-state index is -1.46. The smallest absolute Gasteiger partial charge is 0.231 e. The van der Waals surface area contributed by atoms with Gasteiger partial charge in [-0.3, -0.25) is 0 Å². The minimum absolute atomic E-state index is 0.120. The first-order chi connectivity index (χ1) is 14.2. The Labute approximate surface area is 174 Å². The molecule has 0 saturated heterocycles. The van der Waals surface area contributed by atoms with Gasteiger partial charge in [0.1, 0.15) is 0 Å². The average Bonchev–Trinajstić information content (AvgIpc) is 3.34. The molecule has 8 heteroatoms. The van der Waals surface area contributed by atoms with Gasteiger partial charge in [-0.15, -0.1) is 0 Å². The van der Waals surface area contributed by atoms with Gasteiger partial charge in [0.2, 0.25) is 25.1 Å². The van der Waals surface area contributed by atoms with Crippen molar-refractivity contribution < 1.29 is 38.6 Å². The van der Waals surface area contributed by atoms with Crippen LogP contribution < -0.4 is 28.4 Å². The van der Waals surface area contributed by atoms with Crippen molar-refractivity contribution in [2.75, 3.05) is 27.8 Å². The van der Waals surface area contributed by atoms with E-state index in [-0.39, 0.29) is 26.4 Å². The van der Waals surface area contributed by atoms with Crippen LogP contribution >= 0.6 is 0 Å². The highest BCUT2D eigenvalue weighted by molar-refractivity contribution is 5.56. The fourth-order valence-electron chi connectivity index (χ4n) is 3.75. The quantitative estimate of drug-likeness (QED) is 0.708. The second-order valence-corrected chi connectivity index (χ2v) is 7.96. The lowest BCUT2D eigenvalue weighted by Crippen LogP contribution is -2.53. The molecular formula is C22H26O8. The van der Waals surface area contributed by atoms with E-state index in [1.54, 1.807) is 52.3 Å². The molecular weight excluding hydrogens is 392 g/mol.